The van der Waals surface area contributed by atoms with Gasteiger partial charge in [-0.15, -0.1) is 0 Å². The first-order chi connectivity index (χ1) is 10.5. The fourth-order valence-electron chi connectivity index (χ4n) is 2.04. The van der Waals surface area contributed by atoms with Crippen molar-refractivity contribution in [2.75, 3.05) is 5.75 Å². The van der Waals surface area contributed by atoms with Crippen LogP contribution in [-0.2, 0) is 16.0 Å². The summed E-state index contributed by atoms with van der Waals surface area (Å²) in [7, 11) is 0. The summed E-state index contributed by atoms with van der Waals surface area (Å²) in [5.74, 6) is -0.480. The molecule has 1 rings (SSSR count). The molecule has 0 saturated carbocycles. The van der Waals surface area contributed by atoms with E-state index in [4.69, 9.17) is 5.11 Å². The van der Waals surface area contributed by atoms with Gasteiger partial charge in [0.1, 0.15) is 6.04 Å². The van der Waals surface area contributed by atoms with Crippen LogP contribution < -0.4 is 5.32 Å². The Morgan fingerprint density at radius 2 is 2.09 bits per heavy atom. The Balaban J connectivity index is 0.00000484. The van der Waals surface area contributed by atoms with Crippen LogP contribution in [0.1, 0.15) is 37.8 Å². The van der Waals surface area contributed by atoms with Gasteiger partial charge < -0.3 is 15.4 Å². The molecule has 0 aliphatic carbocycles. The van der Waals surface area contributed by atoms with Crippen molar-refractivity contribution in [3.8, 4) is 0 Å². The standard InChI is InChI=1S/C14H23N3O3S2.Na/c18-13(4-2-1-3-11(22)5-6-21)17-12(14(19)20)7-10-8-15-9-16-10;/h8-9,11-12,21-22H,1-7H2,(H,15,16)(H,17,18)(H,19,20);/t11?,12-;/m0./s1. The molecule has 1 amide bonds. The molecule has 23 heavy (non-hydrogen) atoms. The second-order valence-corrected chi connectivity index (χ2v) is 6.33. The van der Waals surface area contributed by atoms with E-state index in [1.54, 1.807) is 6.20 Å². The maximum absolute atomic E-state index is 11.8. The molecule has 125 valence electrons. The zero-order chi connectivity index (χ0) is 16.4. The molecule has 1 radical (unpaired) electrons. The van der Waals surface area contributed by atoms with Gasteiger partial charge in [-0.3, -0.25) is 4.79 Å². The van der Waals surface area contributed by atoms with Crippen molar-refractivity contribution < 1.29 is 14.7 Å². The van der Waals surface area contributed by atoms with Gasteiger partial charge in [-0.05, 0) is 25.0 Å². The Morgan fingerprint density at radius 3 is 2.65 bits per heavy atom. The second kappa shape index (κ2) is 13.2. The molecule has 2 atom stereocenters. The van der Waals surface area contributed by atoms with E-state index in [0.29, 0.717) is 17.4 Å². The Bertz CT molecular complexity index is 460. The van der Waals surface area contributed by atoms with E-state index in [1.165, 1.54) is 6.33 Å². The third-order valence-electron chi connectivity index (χ3n) is 3.27. The molecular weight excluding hydrogens is 345 g/mol. The normalized spacial score (nSPS) is 13.0. The molecule has 0 fully saturated rings. The van der Waals surface area contributed by atoms with Gasteiger partial charge in [-0.25, -0.2) is 9.78 Å². The number of carboxylic acid groups (broad SMARTS) is 1. The van der Waals surface area contributed by atoms with Gasteiger partial charge in [0, 0.05) is 59.5 Å². The molecule has 0 aromatic carbocycles. The number of aromatic nitrogens is 2. The number of aliphatic carboxylic acids is 1. The largest absolute Gasteiger partial charge is 0.480 e. The number of rotatable bonds is 11. The van der Waals surface area contributed by atoms with Gasteiger partial charge in [0.2, 0.25) is 5.91 Å². The summed E-state index contributed by atoms with van der Waals surface area (Å²) in [6.45, 7) is 0. The number of carbonyl (C=O) groups is 2. The summed E-state index contributed by atoms with van der Waals surface area (Å²) in [4.78, 5) is 29.7. The van der Waals surface area contributed by atoms with Crippen LogP contribution in [-0.4, -0.2) is 73.6 Å². The number of hydrogen-bond donors (Lipinski definition) is 5. The first-order valence-corrected chi connectivity index (χ1v) is 8.46. The van der Waals surface area contributed by atoms with Crippen molar-refractivity contribution in [1.29, 1.82) is 0 Å². The van der Waals surface area contributed by atoms with E-state index in [0.717, 1.165) is 31.4 Å². The zero-order valence-corrected chi connectivity index (χ0v) is 17.2. The Hall–Kier alpha value is -0.150. The monoisotopic (exact) mass is 368 g/mol. The van der Waals surface area contributed by atoms with E-state index in [-0.39, 0.29) is 41.9 Å². The summed E-state index contributed by atoms with van der Waals surface area (Å²) < 4.78 is 0. The second-order valence-electron chi connectivity index (χ2n) is 5.15. The van der Waals surface area contributed by atoms with E-state index in [2.05, 4.69) is 40.5 Å². The first kappa shape index (κ1) is 22.9. The van der Waals surface area contributed by atoms with Gasteiger partial charge in [-0.2, -0.15) is 25.3 Å². The predicted molar refractivity (Wildman–Crippen MR) is 97.3 cm³/mol. The molecule has 1 aromatic rings. The average molecular weight is 368 g/mol. The minimum absolute atomic E-state index is 0. The zero-order valence-electron chi connectivity index (χ0n) is 13.4. The van der Waals surface area contributed by atoms with Gasteiger partial charge in [0.15, 0.2) is 0 Å². The molecule has 0 aliphatic heterocycles. The molecule has 0 bridgehead atoms. The molecule has 0 spiro atoms. The van der Waals surface area contributed by atoms with Crippen molar-refractivity contribution in [2.45, 2.75) is 49.8 Å². The summed E-state index contributed by atoms with van der Waals surface area (Å²) in [5, 5.41) is 12.0. The van der Waals surface area contributed by atoms with E-state index < -0.39 is 12.0 Å². The van der Waals surface area contributed by atoms with Gasteiger partial charge in [-0.1, -0.05) is 6.42 Å². The number of nitrogens with one attached hydrogen (secondary N) is 2. The SMILES string of the molecule is O=C(CCCCC(S)CCS)N[C@@H](Cc1cnc[nH]1)C(=O)O.[Na]. The predicted octanol–water partition coefficient (Wildman–Crippen LogP) is 1.32. The topological polar surface area (TPSA) is 95.1 Å². The Morgan fingerprint density at radius 1 is 1.35 bits per heavy atom. The number of unbranched alkanes of at least 4 members (excludes halogenated alkanes) is 1. The average Bonchev–Trinajstić information content (AvgIpc) is 2.96. The van der Waals surface area contributed by atoms with E-state index >= 15 is 0 Å². The van der Waals surface area contributed by atoms with Crippen LogP contribution >= 0.6 is 25.3 Å². The number of carbonyl (C=O) groups excluding carboxylic acids is 1. The minimum atomic E-state index is -1.05. The van der Waals surface area contributed by atoms with Gasteiger partial charge in [0.25, 0.3) is 0 Å². The van der Waals surface area contributed by atoms with Crippen LogP contribution in [0.5, 0.6) is 0 Å². The molecule has 9 heteroatoms. The molecule has 6 nitrogen and oxygen atoms in total. The van der Waals surface area contributed by atoms with Gasteiger partial charge in [0.05, 0.1) is 6.33 Å². The molecule has 1 heterocycles. The number of amides is 1. The number of hydrogen-bond acceptors (Lipinski definition) is 5. The van der Waals surface area contributed by atoms with Gasteiger partial charge >= 0.3 is 5.97 Å². The number of carboxylic acids is 1. The summed E-state index contributed by atoms with van der Waals surface area (Å²) in [6, 6.07) is -0.935. The van der Waals surface area contributed by atoms with Crippen LogP contribution in [0.15, 0.2) is 12.5 Å². The molecular formula is C14H23N3NaO3S2. The molecule has 0 saturated heterocycles. The van der Waals surface area contributed by atoms with E-state index in [1.807, 2.05) is 0 Å². The number of aromatic amines is 1. The molecule has 1 aromatic heterocycles. The van der Waals surface area contributed by atoms with Crippen LogP contribution in [0.4, 0.5) is 0 Å². The quantitative estimate of drug-likeness (QED) is 0.231. The third-order valence-corrected chi connectivity index (χ3v) is 4.04. The van der Waals surface area contributed by atoms with Crippen molar-refractivity contribution in [1.82, 2.24) is 15.3 Å². The Labute approximate surface area is 169 Å². The number of imidazole rings is 1. The van der Waals surface area contributed by atoms with E-state index in [9.17, 15) is 9.59 Å². The number of nitrogens with zero attached hydrogens (tertiary/aromatic N) is 1. The van der Waals surface area contributed by atoms with Crippen LogP contribution in [0.3, 0.4) is 0 Å². The maximum atomic E-state index is 11.8. The third kappa shape index (κ3) is 10.3. The number of thiol groups is 2. The summed E-state index contributed by atoms with van der Waals surface area (Å²) >= 11 is 8.58. The van der Waals surface area contributed by atoms with Crippen molar-refractivity contribution >= 4 is 66.7 Å². The van der Waals surface area contributed by atoms with Crippen LogP contribution in [0, 0.1) is 0 Å². The van der Waals surface area contributed by atoms with Crippen LogP contribution in [0.2, 0.25) is 0 Å². The summed E-state index contributed by atoms with van der Waals surface area (Å²) in [5.41, 5.74) is 0.678. The van der Waals surface area contributed by atoms with Crippen LogP contribution in [0.25, 0.3) is 0 Å². The smallest absolute Gasteiger partial charge is 0.326 e. The first-order valence-electron chi connectivity index (χ1n) is 7.31. The minimum Gasteiger partial charge on any atom is -0.480 e. The van der Waals surface area contributed by atoms with Crippen molar-refractivity contribution in [3.05, 3.63) is 18.2 Å². The van der Waals surface area contributed by atoms with Crippen molar-refractivity contribution in [3.63, 3.8) is 0 Å². The van der Waals surface area contributed by atoms with Crippen molar-refractivity contribution in [2.24, 2.45) is 0 Å². The fraction of sp³-hybridized carbons (Fsp3) is 0.643. The number of H-pyrrole nitrogens is 1. The molecule has 0 aliphatic rings. The fourth-order valence-corrected chi connectivity index (χ4v) is 2.87. The Kier molecular flexibility index (Phi) is 13.1. The molecule has 3 N–H and O–H groups in total. The summed E-state index contributed by atoms with van der Waals surface area (Å²) in [6.07, 6.45) is 7.07. The molecule has 1 unspecified atom stereocenters. The maximum Gasteiger partial charge on any atom is 0.326 e.